The Bertz CT molecular complexity index is 301. The summed E-state index contributed by atoms with van der Waals surface area (Å²) < 4.78 is 1.96. The normalized spacial score (nSPS) is 11.0. The average Bonchev–Trinajstić information content (AvgIpc) is 2.33. The number of nitrogens with two attached hydrogens (primary N) is 1. The highest BCUT2D eigenvalue weighted by molar-refractivity contribution is 5.52. The van der Waals surface area contributed by atoms with Gasteiger partial charge >= 0.3 is 0 Å². The van der Waals surface area contributed by atoms with Gasteiger partial charge in [-0.3, -0.25) is 4.68 Å². The van der Waals surface area contributed by atoms with Crippen LogP contribution in [0, 0.1) is 13.8 Å². The van der Waals surface area contributed by atoms with E-state index in [2.05, 4.69) is 31.2 Å². The maximum Gasteiger partial charge on any atom is 0.0828 e. The van der Waals surface area contributed by atoms with E-state index in [1.807, 2.05) is 11.6 Å². The standard InChI is InChI=1S/C10H20N4/c1-7(2)12-10-8(3)13-14(6-5-11)9(10)4/h7,12H,5-6,11H2,1-4H3. The molecule has 0 aliphatic carbocycles. The molecule has 4 nitrogen and oxygen atoms in total. The summed E-state index contributed by atoms with van der Waals surface area (Å²) in [6, 6.07) is 0.433. The molecule has 0 unspecified atom stereocenters. The second-order valence-corrected chi connectivity index (χ2v) is 3.86. The summed E-state index contributed by atoms with van der Waals surface area (Å²) in [4.78, 5) is 0. The molecule has 1 heterocycles. The molecule has 0 radical (unpaired) electrons. The van der Waals surface area contributed by atoms with Gasteiger partial charge in [-0.1, -0.05) is 0 Å². The Balaban J connectivity index is 2.92. The van der Waals surface area contributed by atoms with Crippen LogP contribution in [0.3, 0.4) is 0 Å². The predicted molar refractivity (Wildman–Crippen MR) is 59.5 cm³/mol. The molecular formula is C10H20N4. The first-order chi connectivity index (χ1) is 6.56. The van der Waals surface area contributed by atoms with Gasteiger partial charge in [0.15, 0.2) is 0 Å². The number of hydrogen-bond donors (Lipinski definition) is 2. The lowest BCUT2D eigenvalue weighted by atomic mass is 10.3. The largest absolute Gasteiger partial charge is 0.380 e. The Labute approximate surface area is 85.5 Å². The van der Waals surface area contributed by atoms with Crippen LogP contribution in [0.4, 0.5) is 5.69 Å². The maximum atomic E-state index is 5.51. The third-order valence-corrected chi connectivity index (χ3v) is 2.16. The molecule has 0 saturated heterocycles. The van der Waals surface area contributed by atoms with E-state index in [9.17, 15) is 0 Å². The van der Waals surface area contributed by atoms with E-state index in [1.54, 1.807) is 0 Å². The van der Waals surface area contributed by atoms with Crippen molar-refractivity contribution in [2.75, 3.05) is 11.9 Å². The zero-order valence-corrected chi connectivity index (χ0v) is 9.46. The molecule has 80 valence electrons. The minimum absolute atomic E-state index is 0.433. The Hall–Kier alpha value is -1.03. The fourth-order valence-electron chi connectivity index (χ4n) is 1.53. The van der Waals surface area contributed by atoms with Crippen LogP contribution < -0.4 is 11.1 Å². The summed E-state index contributed by atoms with van der Waals surface area (Å²) in [5, 5.41) is 7.82. The number of anilines is 1. The van der Waals surface area contributed by atoms with Crippen molar-refractivity contribution in [2.45, 2.75) is 40.3 Å². The lowest BCUT2D eigenvalue weighted by molar-refractivity contribution is 0.604. The van der Waals surface area contributed by atoms with Gasteiger partial charge in [-0.15, -0.1) is 0 Å². The van der Waals surface area contributed by atoms with Crippen molar-refractivity contribution in [3.05, 3.63) is 11.4 Å². The molecule has 1 aromatic heterocycles. The van der Waals surface area contributed by atoms with Crippen molar-refractivity contribution in [2.24, 2.45) is 5.73 Å². The monoisotopic (exact) mass is 196 g/mol. The van der Waals surface area contributed by atoms with Gasteiger partial charge in [0.2, 0.25) is 0 Å². The summed E-state index contributed by atoms with van der Waals surface area (Å²) in [6.07, 6.45) is 0. The van der Waals surface area contributed by atoms with E-state index in [0.717, 1.165) is 17.9 Å². The fourth-order valence-corrected chi connectivity index (χ4v) is 1.53. The Kier molecular flexibility index (Phi) is 3.52. The third kappa shape index (κ3) is 2.26. The van der Waals surface area contributed by atoms with Crippen LogP contribution in [0.25, 0.3) is 0 Å². The average molecular weight is 196 g/mol. The fraction of sp³-hybridized carbons (Fsp3) is 0.700. The van der Waals surface area contributed by atoms with Crippen molar-refractivity contribution >= 4 is 5.69 Å². The molecule has 0 bridgehead atoms. The molecule has 0 spiro atoms. The lowest BCUT2D eigenvalue weighted by Gasteiger charge is -2.10. The Morgan fingerprint density at radius 3 is 2.57 bits per heavy atom. The maximum absolute atomic E-state index is 5.51. The van der Waals surface area contributed by atoms with Gasteiger partial charge in [0.1, 0.15) is 0 Å². The molecule has 0 saturated carbocycles. The predicted octanol–water partition coefficient (Wildman–Crippen LogP) is 1.28. The lowest BCUT2D eigenvalue weighted by Crippen LogP contribution is -2.13. The highest BCUT2D eigenvalue weighted by Crippen LogP contribution is 2.19. The molecular weight excluding hydrogens is 176 g/mol. The summed E-state index contributed by atoms with van der Waals surface area (Å²) in [5.74, 6) is 0. The van der Waals surface area contributed by atoms with Crippen LogP contribution in [0.15, 0.2) is 0 Å². The van der Waals surface area contributed by atoms with E-state index < -0.39 is 0 Å². The van der Waals surface area contributed by atoms with Crippen molar-refractivity contribution in [3.63, 3.8) is 0 Å². The van der Waals surface area contributed by atoms with Crippen molar-refractivity contribution < 1.29 is 0 Å². The van der Waals surface area contributed by atoms with Crippen LogP contribution in [-0.2, 0) is 6.54 Å². The molecule has 0 aliphatic rings. The molecule has 14 heavy (non-hydrogen) atoms. The van der Waals surface area contributed by atoms with Crippen LogP contribution in [-0.4, -0.2) is 22.4 Å². The van der Waals surface area contributed by atoms with E-state index in [-0.39, 0.29) is 0 Å². The molecule has 1 rings (SSSR count). The van der Waals surface area contributed by atoms with Gasteiger partial charge in [0.25, 0.3) is 0 Å². The third-order valence-electron chi connectivity index (χ3n) is 2.16. The Morgan fingerprint density at radius 2 is 2.07 bits per heavy atom. The first-order valence-corrected chi connectivity index (χ1v) is 5.07. The van der Waals surface area contributed by atoms with E-state index in [0.29, 0.717) is 12.6 Å². The second-order valence-electron chi connectivity index (χ2n) is 3.86. The van der Waals surface area contributed by atoms with Gasteiger partial charge in [0.05, 0.1) is 23.6 Å². The van der Waals surface area contributed by atoms with Gasteiger partial charge in [-0.2, -0.15) is 5.10 Å². The molecule has 0 amide bonds. The van der Waals surface area contributed by atoms with E-state index >= 15 is 0 Å². The highest BCUT2D eigenvalue weighted by Gasteiger charge is 2.10. The summed E-state index contributed by atoms with van der Waals surface area (Å²) >= 11 is 0. The van der Waals surface area contributed by atoms with Crippen molar-refractivity contribution in [3.8, 4) is 0 Å². The number of aromatic nitrogens is 2. The first kappa shape index (κ1) is 11.0. The van der Waals surface area contributed by atoms with Crippen molar-refractivity contribution in [1.29, 1.82) is 0 Å². The number of aryl methyl sites for hydroxylation is 1. The second kappa shape index (κ2) is 4.46. The molecule has 0 atom stereocenters. The number of nitrogens with zero attached hydrogens (tertiary/aromatic N) is 2. The molecule has 4 heteroatoms. The van der Waals surface area contributed by atoms with Gasteiger partial charge in [0, 0.05) is 12.6 Å². The van der Waals surface area contributed by atoms with Crippen LogP contribution in [0.5, 0.6) is 0 Å². The highest BCUT2D eigenvalue weighted by atomic mass is 15.3. The van der Waals surface area contributed by atoms with Crippen LogP contribution >= 0.6 is 0 Å². The number of hydrogen-bond acceptors (Lipinski definition) is 3. The van der Waals surface area contributed by atoms with E-state index in [1.165, 1.54) is 5.69 Å². The smallest absolute Gasteiger partial charge is 0.0828 e. The summed E-state index contributed by atoms with van der Waals surface area (Å²) in [6.45, 7) is 9.75. The number of rotatable bonds is 4. The van der Waals surface area contributed by atoms with Crippen LogP contribution in [0.2, 0.25) is 0 Å². The first-order valence-electron chi connectivity index (χ1n) is 5.07. The van der Waals surface area contributed by atoms with E-state index in [4.69, 9.17) is 5.73 Å². The number of nitrogens with one attached hydrogen (secondary N) is 1. The summed E-state index contributed by atoms with van der Waals surface area (Å²) in [7, 11) is 0. The topological polar surface area (TPSA) is 55.9 Å². The molecule has 0 fully saturated rings. The SMILES string of the molecule is Cc1nn(CCN)c(C)c1NC(C)C. The quantitative estimate of drug-likeness (QED) is 0.762. The zero-order chi connectivity index (χ0) is 10.7. The molecule has 0 aliphatic heterocycles. The minimum atomic E-state index is 0.433. The molecule has 3 N–H and O–H groups in total. The van der Waals surface area contributed by atoms with Gasteiger partial charge in [-0.05, 0) is 27.7 Å². The van der Waals surface area contributed by atoms with Crippen molar-refractivity contribution in [1.82, 2.24) is 9.78 Å². The van der Waals surface area contributed by atoms with Gasteiger partial charge < -0.3 is 11.1 Å². The Morgan fingerprint density at radius 1 is 1.43 bits per heavy atom. The van der Waals surface area contributed by atoms with Crippen LogP contribution in [0.1, 0.15) is 25.2 Å². The van der Waals surface area contributed by atoms with Gasteiger partial charge in [-0.25, -0.2) is 0 Å². The molecule has 0 aromatic carbocycles. The molecule has 1 aromatic rings. The summed E-state index contributed by atoms with van der Waals surface area (Å²) in [5.41, 5.74) is 8.87. The minimum Gasteiger partial charge on any atom is -0.380 e. The zero-order valence-electron chi connectivity index (χ0n) is 9.46.